The van der Waals surface area contributed by atoms with Gasteiger partial charge < -0.3 is 4.57 Å². The minimum absolute atomic E-state index is 0.0781. The van der Waals surface area contributed by atoms with Crippen molar-refractivity contribution in [3.63, 3.8) is 0 Å². The summed E-state index contributed by atoms with van der Waals surface area (Å²) in [6.45, 7) is 4.35. The minimum atomic E-state index is 0.0781. The number of nitrogens with zero attached hydrogens (tertiary/aromatic N) is 1. The second kappa shape index (κ2) is 4.12. The second-order valence-electron chi connectivity index (χ2n) is 4.68. The maximum Gasteiger partial charge on any atom is 0.251 e. The highest BCUT2D eigenvalue weighted by molar-refractivity contribution is 5.82. The largest absolute Gasteiger partial charge is 0.311 e. The number of fused-ring (bicyclic) bond motifs is 1. The van der Waals surface area contributed by atoms with Crippen molar-refractivity contribution in [2.45, 2.75) is 20.3 Å². The van der Waals surface area contributed by atoms with E-state index < -0.39 is 0 Å². The van der Waals surface area contributed by atoms with Crippen LogP contribution in [0.2, 0.25) is 0 Å². The number of benzene rings is 1. The number of aryl methyl sites for hydroxylation is 1. The molecule has 2 aromatic rings. The van der Waals surface area contributed by atoms with Crippen LogP contribution in [0.3, 0.4) is 0 Å². The predicted octanol–water partition coefficient (Wildman–Crippen LogP) is 2.74. The van der Waals surface area contributed by atoms with E-state index in [4.69, 9.17) is 0 Å². The van der Waals surface area contributed by atoms with Crippen LogP contribution in [0.1, 0.15) is 19.4 Å². The number of hydrogen-bond acceptors (Lipinski definition) is 1. The van der Waals surface area contributed by atoms with Gasteiger partial charge in [-0.3, -0.25) is 4.79 Å². The SMILES string of the molecule is CC(C)Cc1cc(=O)n(C)c2ccccc12. The molecule has 0 saturated heterocycles. The van der Waals surface area contributed by atoms with Crippen LogP contribution in [-0.4, -0.2) is 4.57 Å². The van der Waals surface area contributed by atoms with Gasteiger partial charge in [0.05, 0.1) is 5.52 Å². The van der Waals surface area contributed by atoms with Crippen LogP contribution in [0.4, 0.5) is 0 Å². The Morgan fingerprint density at radius 2 is 1.94 bits per heavy atom. The molecule has 0 saturated carbocycles. The monoisotopic (exact) mass is 215 g/mol. The lowest BCUT2D eigenvalue weighted by Crippen LogP contribution is -2.17. The van der Waals surface area contributed by atoms with E-state index in [0.29, 0.717) is 5.92 Å². The highest BCUT2D eigenvalue weighted by atomic mass is 16.1. The van der Waals surface area contributed by atoms with Gasteiger partial charge in [-0.25, -0.2) is 0 Å². The van der Waals surface area contributed by atoms with Crippen LogP contribution in [0.25, 0.3) is 10.9 Å². The Bertz CT molecular complexity index is 566. The average Bonchev–Trinajstić information content (AvgIpc) is 2.25. The molecule has 0 aliphatic heterocycles. The zero-order chi connectivity index (χ0) is 11.7. The molecule has 0 N–H and O–H groups in total. The van der Waals surface area contributed by atoms with E-state index in [0.717, 1.165) is 17.5 Å². The predicted molar refractivity (Wildman–Crippen MR) is 67.7 cm³/mol. The van der Waals surface area contributed by atoms with E-state index in [-0.39, 0.29) is 5.56 Å². The highest BCUT2D eigenvalue weighted by Gasteiger charge is 2.07. The van der Waals surface area contributed by atoms with E-state index in [9.17, 15) is 4.79 Å². The number of rotatable bonds is 2. The Labute approximate surface area is 95.5 Å². The molecule has 1 aromatic carbocycles. The van der Waals surface area contributed by atoms with Crippen molar-refractivity contribution in [1.29, 1.82) is 0 Å². The molecule has 0 bridgehead atoms. The molecule has 0 aliphatic carbocycles. The lowest BCUT2D eigenvalue weighted by atomic mass is 9.99. The molecule has 0 radical (unpaired) electrons. The fourth-order valence-corrected chi connectivity index (χ4v) is 2.09. The molecule has 0 fully saturated rings. The molecule has 0 amide bonds. The van der Waals surface area contributed by atoms with Gasteiger partial charge in [-0.15, -0.1) is 0 Å². The standard InChI is InChI=1S/C14H17NO/c1-10(2)8-11-9-14(16)15(3)13-7-5-4-6-12(11)13/h4-7,9-10H,8H2,1-3H3. The normalized spacial score (nSPS) is 11.2. The highest BCUT2D eigenvalue weighted by Crippen LogP contribution is 2.18. The third-order valence-corrected chi connectivity index (χ3v) is 2.87. The van der Waals surface area contributed by atoms with Crippen molar-refractivity contribution >= 4 is 10.9 Å². The van der Waals surface area contributed by atoms with Gasteiger partial charge in [-0.2, -0.15) is 0 Å². The summed E-state index contributed by atoms with van der Waals surface area (Å²) in [6, 6.07) is 9.85. The quantitative estimate of drug-likeness (QED) is 0.755. The van der Waals surface area contributed by atoms with Crippen LogP contribution in [0.15, 0.2) is 35.1 Å². The first kappa shape index (κ1) is 10.9. The molecular weight excluding hydrogens is 198 g/mol. The zero-order valence-electron chi connectivity index (χ0n) is 10.0. The van der Waals surface area contributed by atoms with Gasteiger partial charge >= 0.3 is 0 Å². The number of pyridine rings is 1. The van der Waals surface area contributed by atoms with E-state index >= 15 is 0 Å². The molecule has 16 heavy (non-hydrogen) atoms. The lowest BCUT2D eigenvalue weighted by Gasteiger charge is -2.11. The maximum atomic E-state index is 11.8. The topological polar surface area (TPSA) is 22.0 Å². The van der Waals surface area contributed by atoms with E-state index in [2.05, 4.69) is 19.9 Å². The van der Waals surface area contributed by atoms with Gasteiger partial charge in [0, 0.05) is 18.5 Å². The Kier molecular flexibility index (Phi) is 2.82. The molecule has 0 unspecified atom stereocenters. The molecule has 1 heterocycles. The molecule has 2 nitrogen and oxygen atoms in total. The van der Waals surface area contributed by atoms with Crippen molar-refractivity contribution < 1.29 is 0 Å². The van der Waals surface area contributed by atoms with Crippen molar-refractivity contribution in [1.82, 2.24) is 4.57 Å². The van der Waals surface area contributed by atoms with Crippen LogP contribution in [0, 0.1) is 5.92 Å². The van der Waals surface area contributed by atoms with Crippen molar-refractivity contribution in [3.8, 4) is 0 Å². The zero-order valence-corrected chi connectivity index (χ0v) is 10.0. The molecule has 2 rings (SSSR count). The van der Waals surface area contributed by atoms with Crippen molar-refractivity contribution in [2.75, 3.05) is 0 Å². The fraction of sp³-hybridized carbons (Fsp3) is 0.357. The summed E-state index contributed by atoms with van der Waals surface area (Å²) in [4.78, 5) is 11.8. The smallest absolute Gasteiger partial charge is 0.251 e. The van der Waals surface area contributed by atoms with Gasteiger partial charge in [0.2, 0.25) is 0 Å². The first-order chi connectivity index (χ1) is 7.59. The third-order valence-electron chi connectivity index (χ3n) is 2.87. The third kappa shape index (κ3) is 1.87. The van der Waals surface area contributed by atoms with E-state index in [1.165, 1.54) is 5.39 Å². The summed E-state index contributed by atoms with van der Waals surface area (Å²) in [6.07, 6.45) is 0.955. The van der Waals surface area contributed by atoms with Crippen LogP contribution in [0.5, 0.6) is 0 Å². The summed E-state index contributed by atoms with van der Waals surface area (Å²) < 4.78 is 1.71. The lowest BCUT2D eigenvalue weighted by molar-refractivity contribution is 0.648. The Morgan fingerprint density at radius 1 is 1.25 bits per heavy atom. The summed E-state index contributed by atoms with van der Waals surface area (Å²) in [7, 11) is 1.82. The molecule has 1 aromatic heterocycles. The number of aromatic nitrogens is 1. The van der Waals surface area contributed by atoms with Gasteiger partial charge in [-0.1, -0.05) is 32.0 Å². The summed E-state index contributed by atoms with van der Waals surface area (Å²) in [5.41, 5.74) is 2.26. The molecular formula is C14H17NO. The first-order valence-electron chi connectivity index (χ1n) is 5.67. The number of para-hydroxylation sites is 1. The van der Waals surface area contributed by atoms with Crippen LogP contribution >= 0.6 is 0 Å². The van der Waals surface area contributed by atoms with Crippen molar-refractivity contribution in [3.05, 3.63) is 46.2 Å². The minimum Gasteiger partial charge on any atom is -0.311 e. The first-order valence-corrected chi connectivity index (χ1v) is 5.67. The second-order valence-corrected chi connectivity index (χ2v) is 4.68. The Balaban J connectivity index is 2.74. The Hall–Kier alpha value is -1.57. The fourth-order valence-electron chi connectivity index (χ4n) is 2.09. The average molecular weight is 215 g/mol. The molecule has 2 heteroatoms. The van der Waals surface area contributed by atoms with E-state index in [1.54, 1.807) is 10.6 Å². The maximum absolute atomic E-state index is 11.8. The van der Waals surface area contributed by atoms with Crippen LogP contribution < -0.4 is 5.56 Å². The van der Waals surface area contributed by atoms with E-state index in [1.807, 2.05) is 25.2 Å². The summed E-state index contributed by atoms with van der Waals surface area (Å²) >= 11 is 0. The van der Waals surface area contributed by atoms with Gasteiger partial charge in [-0.05, 0) is 24.0 Å². The molecule has 0 aliphatic rings. The Morgan fingerprint density at radius 3 is 2.62 bits per heavy atom. The van der Waals surface area contributed by atoms with Gasteiger partial charge in [0.25, 0.3) is 5.56 Å². The van der Waals surface area contributed by atoms with Crippen molar-refractivity contribution in [2.24, 2.45) is 13.0 Å². The summed E-state index contributed by atoms with van der Waals surface area (Å²) in [5, 5.41) is 1.19. The molecule has 84 valence electrons. The number of hydrogen-bond donors (Lipinski definition) is 0. The van der Waals surface area contributed by atoms with Gasteiger partial charge in [0.1, 0.15) is 0 Å². The van der Waals surface area contributed by atoms with Gasteiger partial charge in [0.15, 0.2) is 0 Å². The molecule has 0 spiro atoms. The van der Waals surface area contributed by atoms with Crippen LogP contribution in [-0.2, 0) is 13.5 Å². The summed E-state index contributed by atoms with van der Waals surface area (Å²) in [5.74, 6) is 0.565. The molecule has 0 atom stereocenters.